The van der Waals surface area contributed by atoms with E-state index < -0.39 is 6.10 Å². The van der Waals surface area contributed by atoms with Gasteiger partial charge in [0.1, 0.15) is 18.5 Å². The Hall–Kier alpha value is -2.37. The van der Waals surface area contributed by atoms with Crippen LogP contribution in [0.3, 0.4) is 0 Å². The molecule has 5 nitrogen and oxygen atoms in total. The smallest absolute Gasteiger partial charge is 0.223 e. The van der Waals surface area contributed by atoms with Crippen LogP contribution in [0.25, 0.3) is 0 Å². The number of piperidine rings is 1. The van der Waals surface area contributed by atoms with Gasteiger partial charge in [0.15, 0.2) is 0 Å². The number of aliphatic hydroxyl groups excluding tert-OH is 1. The first kappa shape index (κ1) is 21.3. The fourth-order valence-corrected chi connectivity index (χ4v) is 3.71. The molecule has 1 fully saturated rings. The predicted octanol–water partition coefficient (Wildman–Crippen LogP) is 3.07. The Labute approximate surface area is 173 Å². The van der Waals surface area contributed by atoms with E-state index >= 15 is 0 Å². The minimum atomic E-state index is -0.543. The van der Waals surface area contributed by atoms with Crippen molar-refractivity contribution >= 4 is 5.91 Å². The highest BCUT2D eigenvalue weighted by molar-refractivity contribution is 5.78. The maximum atomic E-state index is 12.4. The minimum absolute atomic E-state index is 0.0540. The van der Waals surface area contributed by atoms with Crippen molar-refractivity contribution in [1.29, 1.82) is 0 Å². The fraction of sp³-hybridized carbons (Fsp3) is 0.458. The van der Waals surface area contributed by atoms with Gasteiger partial charge in [-0.1, -0.05) is 42.5 Å². The third-order valence-electron chi connectivity index (χ3n) is 5.51. The quantitative estimate of drug-likeness (QED) is 0.720. The molecular formula is C24H32N2O3. The van der Waals surface area contributed by atoms with E-state index in [0.717, 1.165) is 48.4 Å². The van der Waals surface area contributed by atoms with Gasteiger partial charge in [0.05, 0.1) is 0 Å². The van der Waals surface area contributed by atoms with Gasteiger partial charge in [-0.25, -0.2) is 0 Å². The van der Waals surface area contributed by atoms with Gasteiger partial charge in [0.2, 0.25) is 5.91 Å². The molecule has 1 heterocycles. The van der Waals surface area contributed by atoms with Crippen molar-refractivity contribution in [2.24, 2.45) is 5.92 Å². The molecular weight excluding hydrogens is 364 g/mol. The fourth-order valence-electron chi connectivity index (χ4n) is 3.71. The molecule has 3 rings (SSSR count). The van der Waals surface area contributed by atoms with Crippen LogP contribution in [0.4, 0.5) is 0 Å². The molecule has 0 radical (unpaired) electrons. The Kier molecular flexibility index (Phi) is 7.67. The average Bonchev–Trinajstić information content (AvgIpc) is 2.74. The first-order valence-corrected chi connectivity index (χ1v) is 10.4. The molecule has 1 aliphatic heterocycles. The number of ether oxygens (including phenoxy) is 1. The largest absolute Gasteiger partial charge is 0.491 e. The highest BCUT2D eigenvalue weighted by Crippen LogP contribution is 2.20. The second kappa shape index (κ2) is 10.4. The molecule has 29 heavy (non-hydrogen) atoms. The number of aliphatic hydroxyl groups is 1. The van der Waals surface area contributed by atoms with Gasteiger partial charge in [-0.3, -0.25) is 4.79 Å². The summed E-state index contributed by atoms with van der Waals surface area (Å²) in [4.78, 5) is 14.6. The first-order chi connectivity index (χ1) is 14.0. The minimum Gasteiger partial charge on any atom is -0.491 e. The van der Waals surface area contributed by atoms with Gasteiger partial charge in [0.25, 0.3) is 0 Å². The van der Waals surface area contributed by atoms with Crippen LogP contribution in [0.5, 0.6) is 5.75 Å². The molecule has 1 aliphatic rings. The van der Waals surface area contributed by atoms with E-state index in [9.17, 15) is 9.90 Å². The van der Waals surface area contributed by atoms with Gasteiger partial charge in [-0.05, 0) is 62.5 Å². The second-order valence-corrected chi connectivity index (χ2v) is 8.01. The Morgan fingerprint density at radius 1 is 1.17 bits per heavy atom. The number of benzene rings is 2. The van der Waals surface area contributed by atoms with Crippen LogP contribution in [0.1, 0.15) is 29.5 Å². The molecule has 156 valence electrons. The summed E-state index contributed by atoms with van der Waals surface area (Å²) in [5, 5.41) is 13.4. The van der Waals surface area contributed by atoms with E-state index in [1.807, 2.05) is 56.3 Å². The molecule has 2 aromatic rings. The molecule has 0 bridgehead atoms. The van der Waals surface area contributed by atoms with Crippen LogP contribution < -0.4 is 10.1 Å². The number of nitrogens with one attached hydrogen (secondary N) is 1. The molecule has 1 saturated heterocycles. The first-order valence-electron chi connectivity index (χ1n) is 10.4. The normalized spacial score (nSPS) is 16.4. The van der Waals surface area contributed by atoms with Crippen LogP contribution in [0.15, 0.2) is 48.5 Å². The van der Waals surface area contributed by atoms with Gasteiger partial charge < -0.3 is 20.1 Å². The average molecular weight is 397 g/mol. The van der Waals surface area contributed by atoms with E-state index in [1.165, 1.54) is 0 Å². The van der Waals surface area contributed by atoms with Gasteiger partial charge in [0, 0.05) is 19.0 Å². The molecule has 1 unspecified atom stereocenters. The second-order valence-electron chi connectivity index (χ2n) is 8.01. The Morgan fingerprint density at radius 3 is 2.62 bits per heavy atom. The topological polar surface area (TPSA) is 61.8 Å². The molecule has 1 atom stereocenters. The maximum absolute atomic E-state index is 12.4. The van der Waals surface area contributed by atoms with Gasteiger partial charge >= 0.3 is 0 Å². The number of nitrogens with zero attached hydrogens (tertiary/aromatic N) is 1. The van der Waals surface area contributed by atoms with E-state index in [-0.39, 0.29) is 18.4 Å². The number of hydrogen-bond donors (Lipinski definition) is 2. The van der Waals surface area contributed by atoms with Gasteiger partial charge in [-0.15, -0.1) is 0 Å². The van der Waals surface area contributed by atoms with Gasteiger partial charge in [-0.2, -0.15) is 0 Å². The lowest BCUT2D eigenvalue weighted by atomic mass is 9.95. The third kappa shape index (κ3) is 6.58. The maximum Gasteiger partial charge on any atom is 0.223 e. The van der Waals surface area contributed by atoms with Crippen molar-refractivity contribution in [1.82, 2.24) is 10.2 Å². The Bertz CT molecular complexity index is 786. The zero-order valence-corrected chi connectivity index (χ0v) is 17.4. The standard InChI is InChI=1S/C24H32N2O3/c1-18-8-9-19(2)23(14-18)29-17-22(27)16-26-12-10-21(11-13-26)24(28)25-15-20-6-4-3-5-7-20/h3-9,14,21-22,27H,10-13,15-17H2,1-2H3,(H,25,28). The predicted molar refractivity (Wildman–Crippen MR) is 115 cm³/mol. The van der Waals surface area contributed by atoms with Crippen molar-refractivity contribution < 1.29 is 14.6 Å². The zero-order chi connectivity index (χ0) is 20.6. The summed E-state index contributed by atoms with van der Waals surface area (Å²) >= 11 is 0. The highest BCUT2D eigenvalue weighted by Gasteiger charge is 2.26. The molecule has 0 spiro atoms. The SMILES string of the molecule is Cc1ccc(C)c(OCC(O)CN2CCC(C(=O)NCc3ccccc3)CC2)c1. The van der Waals surface area contributed by atoms with Crippen molar-refractivity contribution in [3.8, 4) is 5.75 Å². The lowest BCUT2D eigenvalue weighted by Gasteiger charge is -2.32. The van der Waals surface area contributed by atoms with E-state index in [1.54, 1.807) is 0 Å². The van der Waals surface area contributed by atoms with Crippen molar-refractivity contribution in [3.63, 3.8) is 0 Å². The number of rotatable bonds is 8. The van der Waals surface area contributed by atoms with E-state index in [2.05, 4.69) is 16.3 Å². The molecule has 1 amide bonds. The Morgan fingerprint density at radius 2 is 1.90 bits per heavy atom. The zero-order valence-electron chi connectivity index (χ0n) is 17.4. The lowest BCUT2D eigenvalue weighted by molar-refractivity contribution is -0.126. The third-order valence-corrected chi connectivity index (χ3v) is 5.51. The van der Waals surface area contributed by atoms with Crippen molar-refractivity contribution in [2.75, 3.05) is 26.2 Å². The number of β-amino-alcohol motifs (C(OH)–C–C–N with tert-alkyl or cyclic N) is 1. The monoisotopic (exact) mass is 396 g/mol. The van der Waals surface area contributed by atoms with E-state index in [4.69, 9.17) is 4.74 Å². The number of carbonyl (C=O) groups excluding carboxylic acids is 1. The number of hydrogen-bond acceptors (Lipinski definition) is 4. The van der Waals surface area contributed by atoms with E-state index in [0.29, 0.717) is 13.1 Å². The summed E-state index contributed by atoms with van der Waals surface area (Å²) in [5.74, 6) is 1.02. The molecule has 5 heteroatoms. The number of amides is 1. The van der Waals surface area contributed by atoms with Crippen LogP contribution >= 0.6 is 0 Å². The molecule has 0 saturated carbocycles. The molecule has 2 N–H and O–H groups in total. The molecule has 0 aliphatic carbocycles. The summed E-state index contributed by atoms with van der Waals surface area (Å²) in [5.41, 5.74) is 3.34. The highest BCUT2D eigenvalue weighted by atomic mass is 16.5. The summed E-state index contributed by atoms with van der Waals surface area (Å²) in [6, 6.07) is 16.1. The lowest BCUT2D eigenvalue weighted by Crippen LogP contribution is -2.44. The van der Waals surface area contributed by atoms with Crippen molar-refractivity contribution in [3.05, 3.63) is 65.2 Å². The summed E-state index contributed by atoms with van der Waals surface area (Å²) < 4.78 is 5.81. The summed E-state index contributed by atoms with van der Waals surface area (Å²) in [6.45, 7) is 7.12. The molecule has 0 aromatic heterocycles. The molecule has 2 aromatic carbocycles. The van der Waals surface area contributed by atoms with Crippen LogP contribution in [-0.4, -0.2) is 48.3 Å². The van der Waals surface area contributed by atoms with Crippen molar-refractivity contribution in [2.45, 2.75) is 39.3 Å². The number of aryl methyl sites for hydroxylation is 2. The number of carbonyl (C=O) groups is 1. The number of likely N-dealkylation sites (tertiary alicyclic amines) is 1. The van der Waals surface area contributed by atoms with Crippen LogP contribution in [-0.2, 0) is 11.3 Å². The summed E-state index contributed by atoms with van der Waals surface area (Å²) in [6.07, 6.45) is 1.11. The summed E-state index contributed by atoms with van der Waals surface area (Å²) in [7, 11) is 0. The Balaban J connectivity index is 1.36. The van der Waals surface area contributed by atoms with Crippen LogP contribution in [0.2, 0.25) is 0 Å². The van der Waals surface area contributed by atoms with Crippen LogP contribution in [0, 0.1) is 19.8 Å².